The van der Waals surface area contributed by atoms with Gasteiger partial charge in [0.15, 0.2) is 11.3 Å². The van der Waals surface area contributed by atoms with Gasteiger partial charge in [0.2, 0.25) is 0 Å². The summed E-state index contributed by atoms with van der Waals surface area (Å²) >= 11 is 11.7. The topological polar surface area (TPSA) is 112 Å². The fourth-order valence-electron chi connectivity index (χ4n) is 2.91. The second-order valence-corrected chi connectivity index (χ2v) is 7.47. The Morgan fingerprint density at radius 3 is 2.65 bits per heavy atom. The van der Waals surface area contributed by atoms with Gasteiger partial charge in [-0.05, 0) is 24.3 Å². The van der Waals surface area contributed by atoms with Crippen molar-refractivity contribution < 1.29 is 19.7 Å². The minimum Gasteiger partial charge on any atom is -0.506 e. The normalized spacial score (nSPS) is 11.7. The summed E-state index contributed by atoms with van der Waals surface area (Å²) in [5, 5.41) is 34.3. The number of hydrogen-bond acceptors (Lipinski definition) is 6. The van der Waals surface area contributed by atoms with Crippen molar-refractivity contribution in [2.45, 2.75) is 0 Å². The number of rotatable bonds is 6. The van der Waals surface area contributed by atoms with E-state index in [0.29, 0.717) is 5.75 Å². The highest BCUT2D eigenvalue weighted by Gasteiger charge is 2.22. The molecular formula is C21H18Cl2N4O4. The Bertz CT molecular complexity index is 1210. The molecule has 0 aliphatic heterocycles. The van der Waals surface area contributed by atoms with Crippen LogP contribution >= 0.6 is 23.2 Å². The lowest BCUT2D eigenvalue weighted by Crippen LogP contribution is -2.32. The minimum atomic E-state index is -0.705. The molecule has 10 heteroatoms. The lowest BCUT2D eigenvalue weighted by Gasteiger charge is -2.18. The molecule has 1 aromatic heterocycles. The first-order valence-corrected chi connectivity index (χ1v) is 9.81. The number of likely N-dealkylation sites (N-methyl/N-ethyl adjacent to an activating group) is 1. The van der Waals surface area contributed by atoms with Crippen LogP contribution in [-0.4, -0.2) is 51.0 Å². The van der Waals surface area contributed by atoms with Crippen molar-refractivity contribution in [3.05, 3.63) is 57.7 Å². The molecule has 0 spiro atoms. The van der Waals surface area contributed by atoms with E-state index in [9.17, 15) is 20.3 Å². The number of aromatic hydroxyl groups is 1. The number of aryl methyl sites for hydroxylation is 1. The highest BCUT2D eigenvalue weighted by atomic mass is 35.5. The molecule has 3 rings (SSSR count). The molecule has 0 atom stereocenters. The number of nitrogens with zero attached hydrogens (tertiary/aromatic N) is 4. The maximum Gasteiger partial charge on any atom is 0.268 e. The van der Waals surface area contributed by atoms with Crippen LogP contribution in [0.2, 0.25) is 10.0 Å². The standard InChI is InChI=1S/C21H18Cl2N4O4/c1-26(6-7-31-18-5-3-4-17-14(18)11-25-27(17)2)21(30)13(10-24)19(28)12-8-15(22)20(29)16(23)9-12/h3-5,8-9,11,28-29H,6-7H2,1-2H3/b19-13-. The number of aliphatic hydroxyl groups excluding tert-OH is 1. The van der Waals surface area contributed by atoms with E-state index >= 15 is 0 Å². The van der Waals surface area contributed by atoms with Crippen LogP contribution in [0.1, 0.15) is 5.56 Å². The van der Waals surface area contributed by atoms with Gasteiger partial charge in [0, 0.05) is 19.7 Å². The van der Waals surface area contributed by atoms with Crippen LogP contribution in [0.25, 0.3) is 16.7 Å². The van der Waals surface area contributed by atoms with E-state index in [4.69, 9.17) is 27.9 Å². The maximum absolute atomic E-state index is 12.7. The number of hydrogen-bond donors (Lipinski definition) is 2. The monoisotopic (exact) mass is 460 g/mol. The highest BCUT2D eigenvalue weighted by molar-refractivity contribution is 6.37. The summed E-state index contributed by atoms with van der Waals surface area (Å²) in [5.41, 5.74) is 0.452. The van der Waals surface area contributed by atoms with E-state index in [0.717, 1.165) is 10.9 Å². The van der Waals surface area contributed by atoms with Crippen molar-refractivity contribution in [3.8, 4) is 17.6 Å². The van der Waals surface area contributed by atoms with E-state index in [1.54, 1.807) is 23.0 Å². The molecule has 1 amide bonds. The molecule has 31 heavy (non-hydrogen) atoms. The van der Waals surface area contributed by atoms with Crippen molar-refractivity contribution in [1.82, 2.24) is 14.7 Å². The van der Waals surface area contributed by atoms with Gasteiger partial charge in [-0.25, -0.2) is 0 Å². The lowest BCUT2D eigenvalue weighted by molar-refractivity contribution is -0.125. The number of nitriles is 1. The number of aromatic nitrogens is 2. The summed E-state index contributed by atoms with van der Waals surface area (Å²) in [6, 6.07) is 9.69. The fourth-order valence-corrected chi connectivity index (χ4v) is 3.40. The zero-order chi connectivity index (χ0) is 22.7. The minimum absolute atomic E-state index is 0.0330. The predicted octanol–water partition coefficient (Wildman–Crippen LogP) is 3.92. The van der Waals surface area contributed by atoms with Gasteiger partial charge in [-0.15, -0.1) is 0 Å². The zero-order valence-electron chi connectivity index (χ0n) is 16.6. The first-order valence-electron chi connectivity index (χ1n) is 9.05. The number of carbonyl (C=O) groups is 1. The summed E-state index contributed by atoms with van der Waals surface area (Å²) in [6.45, 7) is 0.317. The number of halogens is 2. The second kappa shape index (κ2) is 9.16. The zero-order valence-corrected chi connectivity index (χ0v) is 18.1. The van der Waals surface area contributed by atoms with Gasteiger partial charge in [0.1, 0.15) is 24.2 Å². The van der Waals surface area contributed by atoms with Gasteiger partial charge in [-0.3, -0.25) is 9.48 Å². The smallest absolute Gasteiger partial charge is 0.268 e. The number of fused-ring (bicyclic) bond motifs is 1. The number of phenolic OH excluding ortho intramolecular Hbond substituents is 1. The van der Waals surface area contributed by atoms with E-state index < -0.39 is 17.2 Å². The Morgan fingerprint density at radius 2 is 2.00 bits per heavy atom. The Labute approximate surface area is 188 Å². The summed E-state index contributed by atoms with van der Waals surface area (Å²) < 4.78 is 7.51. The Morgan fingerprint density at radius 1 is 1.32 bits per heavy atom. The number of phenols is 1. The molecular weight excluding hydrogens is 443 g/mol. The molecule has 0 bridgehead atoms. The third kappa shape index (κ3) is 4.53. The number of carbonyl (C=O) groups excluding carboxylic acids is 1. The molecule has 2 N–H and O–H groups in total. The van der Waals surface area contributed by atoms with E-state index in [-0.39, 0.29) is 34.5 Å². The Balaban J connectivity index is 1.73. The van der Waals surface area contributed by atoms with E-state index in [1.165, 1.54) is 24.1 Å². The largest absolute Gasteiger partial charge is 0.506 e. The van der Waals surface area contributed by atoms with E-state index in [1.807, 2.05) is 19.2 Å². The van der Waals surface area contributed by atoms with Crippen LogP contribution in [0.15, 0.2) is 42.1 Å². The van der Waals surface area contributed by atoms with Crippen LogP contribution in [-0.2, 0) is 11.8 Å². The summed E-state index contributed by atoms with van der Waals surface area (Å²) in [5.74, 6) is -1.03. The first-order chi connectivity index (χ1) is 14.7. The Kier molecular flexibility index (Phi) is 6.59. The molecule has 2 aromatic carbocycles. The molecule has 8 nitrogen and oxygen atoms in total. The van der Waals surface area contributed by atoms with Crippen LogP contribution < -0.4 is 4.74 Å². The van der Waals surface area contributed by atoms with Gasteiger partial charge >= 0.3 is 0 Å². The van der Waals surface area contributed by atoms with E-state index in [2.05, 4.69) is 5.10 Å². The number of benzene rings is 2. The number of ether oxygens (including phenoxy) is 1. The van der Waals surface area contributed by atoms with Gasteiger partial charge < -0.3 is 19.8 Å². The van der Waals surface area contributed by atoms with Crippen LogP contribution in [0, 0.1) is 11.3 Å². The summed E-state index contributed by atoms with van der Waals surface area (Å²) in [4.78, 5) is 13.9. The van der Waals surface area contributed by atoms with Crippen LogP contribution in [0.4, 0.5) is 0 Å². The van der Waals surface area contributed by atoms with Crippen molar-refractivity contribution in [3.63, 3.8) is 0 Å². The van der Waals surface area contributed by atoms with Gasteiger partial charge in [-0.1, -0.05) is 29.3 Å². The molecule has 0 aliphatic carbocycles. The average Bonchev–Trinajstić information content (AvgIpc) is 3.13. The average molecular weight is 461 g/mol. The summed E-state index contributed by atoms with van der Waals surface area (Å²) in [6.07, 6.45) is 1.70. The SMILES string of the molecule is CN(CCOc1cccc2c1cnn2C)C(=O)/C(C#N)=C(\O)c1cc(Cl)c(O)c(Cl)c1. The fraction of sp³-hybridized carbons (Fsp3) is 0.190. The molecule has 0 saturated heterocycles. The third-order valence-corrected chi connectivity index (χ3v) is 5.21. The lowest BCUT2D eigenvalue weighted by atomic mass is 10.1. The van der Waals surface area contributed by atoms with Gasteiger partial charge in [0.05, 0.1) is 33.7 Å². The molecule has 160 valence electrons. The number of aliphatic hydroxyl groups is 1. The van der Waals surface area contributed by atoms with Crippen LogP contribution in [0.5, 0.6) is 11.5 Å². The number of amides is 1. The van der Waals surface area contributed by atoms with Crippen molar-refractivity contribution in [2.24, 2.45) is 7.05 Å². The van der Waals surface area contributed by atoms with Gasteiger partial charge in [-0.2, -0.15) is 10.4 Å². The van der Waals surface area contributed by atoms with Crippen molar-refractivity contribution >= 4 is 45.8 Å². The molecule has 0 radical (unpaired) electrons. The molecule has 1 heterocycles. The quantitative estimate of drug-likeness (QED) is 0.327. The van der Waals surface area contributed by atoms with Crippen LogP contribution in [0.3, 0.4) is 0 Å². The third-order valence-electron chi connectivity index (χ3n) is 4.64. The second-order valence-electron chi connectivity index (χ2n) is 6.66. The molecule has 0 aliphatic rings. The molecule has 3 aromatic rings. The molecule has 0 fully saturated rings. The van der Waals surface area contributed by atoms with Gasteiger partial charge in [0.25, 0.3) is 5.91 Å². The Hall–Kier alpha value is -3.41. The highest BCUT2D eigenvalue weighted by Crippen LogP contribution is 2.35. The summed E-state index contributed by atoms with van der Waals surface area (Å²) in [7, 11) is 3.31. The maximum atomic E-state index is 12.7. The predicted molar refractivity (Wildman–Crippen MR) is 117 cm³/mol. The molecule has 0 unspecified atom stereocenters. The van der Waals surface area contributed by atoms with Crippen molar-refractivity contribution in [1.29, 1.82) is 5.26 Å². The van der Waals surface area contributed by atoms with Crippen molar-refractivity contribution in [2.75, 3.05) is 20.2 Å². The molecule has 0 saturated carbocycles. The first kappa shape index (κ1) is 22.3.